The second-order valence-electron chi connectivity index (χ2n) is 3.89. The zero-order valence-corrected chi connectivity index (χ0v) is 9.60. The Morgan fingerprint density at radius 1 is 1.47 bits per heavy atom. The molecule has 0 saturated carbocycles. The van der Waals surface area contributed by atoms with E-state index in [2.05, 4.69) is 29.1 Å². The Balaban J connectivity index is 2.40. The summed E-state index contributed by atoms with van der Waals surface area (Å²) in [5.74, 6) is 0.548. The predicted molar refractivity (Wildman–Crippen MR) is 59.4 cm³/mol. The first-order chi connectivity index (χ1) is 7.24. The summed E-state index contributed by atoms with van der Waals surface area (Å²) in [7, 11) is 1.72. The van der Waals surface area contributed by atoms with Gasteiger partial charge in [0.05, 0.1) is 12.3 Å². The summed E-state index contributed by atoms with van der Waals surface area (Å²) in [5, 5.41) is 3.42. The van der Waals surface area contributed by atoms with Crippen LogP contribution in [0.5, 0.6) is 0 Å². The maximum atomic E-state index is 5.16. The molecule has 0 aromatic carbocycles. The van der Waals surface area contributed by atoms with Gasteiger partial charge in [0.1, 0.15) is 6.33 Å². The minimum absolute atomic E-state index is 0.366. The molecule has 84 valence electrons. The number of hydrogen-bond donors (Lipinski definition) is 1. The molecule has 0 aliphatic heterocycles. The Hall–Kier alpha value is -1.00. The van der Waals surface area contributed by atoms with Gasteiger partial charge in [0, 0.05) is 25.9 Å². The third-order valence-electron chi connectivity index (χ3n) is 2.34. The van der Waals surface area contributed by atoms with Crippen LogP contribution >= 0.6 is 0 Å². The average molecular weight is 209 g/mol. The van der Waals surface area contributed by atoms with Crippen LogP contribution in [0.4, 0.5) is 0 Å². The van der Waals surface area contributed by atoms with Gasteiger partial charge in [-0.1, -0.05) is 13.8 Å². The van der Waals surface area contributed by atoms with Gasteiger partial charge in [-0.15, -0.1) is 0 Å². The highest BCUT2D eigenvalue weighted by Crippen LogP contribution is 2.03. The van der Waals surface area contributed by atoms with Crippen LogP contribution in [-0.4, -0.2) is 29.7 Å². The van der Waals surface area contributed by atoms with Crippen LogP contribution < -0.4 is 5.32 Å². The second-order valence-corrected chi connectivity index (χ2v) is 3.89. The molecule has 0 spiro atoms. The van der Waals surface area contributed by atoms with Gasteiger partial charge in [-0.3, -0.25) is 0 Å². The first-order valence-electron chi connectivity index (χ1n) is 5.21. The van der Waals surface area contributed by atoms with Crippen molar-refractivity contribution in [1.82, 2.24) is 15.3 Å². The van der Waals surface area contributed by atoms with Crippen molar-refractivity contribution in [2.75, 3.05) is 13.7 Å². The van der Waals surface area contributed by atoms with E-state index < -0.39 is 0 Å². The molecule has 1 heterocycles. The van der Waals surface area contributed by atoms with Crippen molar-refractivity contribution in [1.29, 1.82) is 0 Å². The average Bonchev–Trinajstić information content (AvgIpc) is 2.25. The maximum Gasteiger partial charge on any atom is 0.115 e. The van der Waals surface area contributed by atoms with Crippen molar-refractivity contribution in [2.45, 2.75) is 26.4 Å². The third kappa shape index (κ3) is 4.36. The van der Waals surface area contributed by atoms with E-state index in [0.717, 1.165) is 18.8 Å². The van der Waals surface area contributed by atoms with E-state index in [1.165, 1.54) is 0 Å². The minimum atomic E-state index is 0.366. The molecule has 0 saturated heterocycles. The lowest BCUT2D eigenvalue weighted by Gasteiger charge is -2.21. The summed E-state index contributed by atoms with van der Waals surface area (Å²) < 4.78 is 5.16. The summed E-state index contributed by atoms with van der Waals surface area (Å²) in [6.45, 7) is 5.84. The number of hydrogen-bond acceptors (Lipinski definition) is 4. The summed E-state index contributed by atoms with van der Waals surface area (Å²) in [5.41, 5.74) is 1.01. The fourth-order valence-electron chi connectivity index (χ4n) is 1.32. The van der Waals surface area contributed by atoms with E-state index in [0.29, 0.717) is 12.0 Å². The highest BCUT2D eigenvalue weighted by Gasteiger charge is 2.12. The van der Waals surface area contributed by atoms with E-state index in [9.17, 15) is 0 Å². The van der Waals surface area contributed by atoms with Gasteiger partial charge in [-0.25, -0.2) is 9.97 Å². The zero-order chi connectivity index (χ0) is 11.1. The van der Waals surface area contributed by atoms with Crippen LogP contribution in [0.2, 0.25) is 0 Å². The molecule has 1 unspecified atom stereocenters. The fourth-order valence-corrected chi connectivity index (χ4v) is 1.32. The molecule has 0 amide bonds. The Bertz CT molecular complexity index is 264. The van der Waals surface area contributed by atoms with Crippen molar-refractivity contribution in [3.63, 3.8) is 0 Å². The lowest BCUT2D eigenvalue weighted by Crippen LogP contribution is -2.37. The van der Waals surface area contributed by atoms with Crippen LogP contribution in [-0.2, 0) is 11.3 Å². The van der Waals surface area contributed by atoms with Crippen LogP contribution in [0.25, 0.3) is 0 Å². The lowest BCUT2D eigenvalue weighted by molar-refractivity contribution is 0.146. The molecule has 0 fully saturated rings. The number of rotatable bonds is 6. The van der Waals surface area contributed by atoms with Gasteiger partial charge in [0.25, 0.3) is 0 Å². The van der Waals surface area contributed by atoms with Crippen LogP contribution in [0, 0.1) is 5.92 Å². The van der Waals surface area contributed by atoms with Crippen LogP contribution in [0.3, 0.4) is 0 Å². The first kappa shape index (κ1) is 12.1. The molecule has 1 rings (SSSR count). The molecule has 15 heavy (non-hydrogen) atoms. The molecule has 1 aromatic rings. The van der Waals surface area contributed by atoms with Gasteiger partial charge in [0.2, 0.25) is 0 Å². The molecule has 4 heteroatoms. The van der Waals surface area contributed by atoms with Gasteiger partial charge < -0.3 is 10.1 Å². The van der Waals surface area contributed by atoms with Gasteiger partial charge in [0.15, 0.2) is 0 Å². The number of methoxy groups -OCH3 is 1. The highest BCUT2D eigenvalue weighted by molar-refractivity contribution is 4.97. The number of nitrogens with zero attached hydrogens (tertiary/aromatic N) is 2. The zero-order valence-electron chi connectivity index (χ0n) is 9.60. The van der Waals surface area contributed by atoms with Gasteiger partial charge in [-0.2, -0.15) is 0 Å². The quantitative estimate of drug-likeness (QED) is 0.765. The molecule has 1 N–H and O–H groups in total. The maximum absolute atomic E-state index is 5.16. The molecule has 1 atom stereocenters. The predicted octanol–water partition coefficient (Wildman–Crippen LogP) is 1.24. The van der Waals surface area contributed by atoms with Crippen molar-refractivity contribution >= 4 is 0 Å². The highest BCUT2D eigenvalue weighted by atomic mass is 16.5. The van der Waals surface area contributed by atoms with Crippen molar-refractivity contribution in [3.05, 3.63) is 24.3 Å². The SMILES string of the molecule is COCC(NCc1ccncn1)C(C)C. The van der Waals surface area contributed by atoms with Crippen LogP contribution in [0.1, 0.15) is 19.5 Å². The normalized spacial score (nSPS) is 13.1. The summed E-state index contributed by atoms with van der Waals surface area (Å²) in [6, 6.07) is 2.28. The molecule has 0 radical (unpaired) electrons. The van der Waals surface area contributed by atoms with E-state index in [-0.39, 0.29) is 0 Å². The first-order valence-corrected chi connectivity index (χ1v) is 5.21. The molecule has 4 nitrogen and oxygen atoms in total. The van der Waals surface area contributed by atoms with Gasteiger partial charge >= 0.3 is 0 Å². The molecular formula is C11H19N3O. The Morgan fingerprint density at radius 3 is 2.80 bits per heavy atom. The third-order valence-corrected chi connectivity index (χ3v) is 2.34. The monoisotopic (exact) mass is 209 g/mol. The summed E-state index contributed by atoms with van der Waals surface area (Å²) >= 11 is 0. The number of nitrogens with one attached hydrogen (secondary N) is 1. The topological polar surface area (TPSA) is 47.0 Å². The van der Waals surface area contributed by atoms with Crippen LogP contribution in [0.15, 0.2) is 18.6 Å². The largest absolute Gasteiger partial charge is 0.383 e. The van der Waals surface area contributed by atoms with Crippen molar-refractivity contribution in [3.8, 4) is 0 Å². The molecule has 0 aliphatic rings. The fraction of sp³-hybridized carbons (Fsp3) is 0.636. The summed E-state index contributed by atoms with van der Waals surface area (Å²) in [6.07, 6.45) is 3.32. The summed E-state index contributed by atoms with van der Waals surface area (Å²) in [4.78, 5) is 8.04. The standard InChI is InChI=1S/C11H19N3O/c1-9(2)11(7-15-3)13-6-10-4-5-12-8-14-10/h4-5,8-9,11,13H,6-7H2,1-3H3. The lowest BCUT2D eigenvalue weighted by atomic mass is 10.1. The van der Waals surface area contributed by atoms with Crippen molar-refractivity contribution in [2.24, 2.45) is 5.92 Å². The van der Waals surface area contributed by atoms with E-state index >= 15 is 0 Å². The smallest absolute Gasteiger partial charge is 0.115 e. The second kappa shape index (κ2) is 6.48. The molecular weight excluding hydrogens is 190 g/mol. The molecule has 0 aliphatic carbocycles. The van der Waals surface area contributed by atoms with E-state index in [1.54, 1.807) is 19.6 Å². The minimum Gasteiger partial charge on any atom is -0.383 e. The van der Waals surface area contributed by atoms with E-state index in [4.69, 9.17) is 4.74 Å². The Labute approximate surface area is 91.1 Å². The number of ether oxygens (including phenoxy) is 1. The Morgan fingerprint density at radius 2 is 2.27 bits per heavy atom. The molecule has 1 aromatic heterocycles. The number of aromatic nitrogens is 2. The van der Waals surface area contributed by atoms with Gasteiger partial charge in [-0.05, 0) is 12.0 Å². The molecule has 0 bridgehead atoms. The van der Waals surface area contributed by atoms with Crippen molar-refractivity contribution < 1.29 is 4.74 Å². The van der Waals surface area contributed by atoms with E-state index in [1.807, 2.05) is 6.07 Å². The Kier molecular flexibility index (Phi) is 5.21.